The molecule has 0 atom stereocenters. The zero-order chi connectivity index (χ0) is 43.5. The van der Waals surface area contributed by atoms with Gasteiger partial charge in [-0.1, -0.05) is 121 Å². The molecular formula is C45H28N4O. The van der Waals surface area contributed by atoms with Crippen molar-refractivity contribution in [2.75, 3.05) is 0 Å². The minimum atomic E-state index is -0.713. The Hall–Kier alpha value is -6.85. The molecule has 3 heterocycles. The van der Waals surface area contributed by atoms with Crippen molar-refractivity contribution < 1.29 is 20.9 Å². The van der Waals surface area contributed by atoms with E-state index in [2.05, 4.69) is 0 Å². The molecule has 0 saturated heterocycles. The molecule has 10 aromatic rings. The molecule has 10 rings (SSSR count). The molecule has 3 aromatic heterocycles. The Balaban J connectivity index is 1.27. The van der Waals surface area contributed by atoms with Gasteiger partial charge >= 0.3 is 0 Å². The number of para-hydroxylation sites is 3. The monoisotopic (exact) mass is 652 g/mol. The second-order valence-electron chi connectivity index (χ2n) is 11.5. The Morgan fingerprint density at radius 3 is 2.02 bits per heavy atom. The minimum absolute atomic E-state index is 0.0856. The molecule has 0 aliphatic heterocycles. The third-order valence-electron chi connectivity index (χ3n) is 8.61. The average Bonchev–Trinajstić information content (AvgIpc) is 3.85. The van der Waals surface area contributed by atoms with E-state index < -0.39 is 78.2 Å². The van der Waals surface area contributed by atoms with Crippen LogP contribution in [0, 0.1) is 0 Å². The van der Waals surface area contributed by atoms with Crippen LogP contribution in [0.4, 0.5) is 0 Å². The lowest BCUT2D eigenvalue weighted by Gasteiger charge is -2.12. The van der Waals surface area contributed by atoms with Crippen LogP contribution in [-0.2, 0) is 0 Å². The second kappa shape index (κ2) is 11.4. The molecule has 0 bridgehead atoms. The molecule has 5 nitrogen and oxygen atoms in total. The van der Waals surface area contributed by atoms with Gasteiger partial charge in [-0.2, -0.15) is 0 Å². The fourth-order valence-electron chi connectivity index (χ4n) is 6.33. The molecule has 50 heavy (non-hydrogen) atoms. The van der Waals surface area contributed by atoms with Crippen molar-refractivity contribution in [1.82, 2.24) is 19.5 Å². The number of rotatable bonds is 5. The molecule has 0 amide bonds. The molecule has 234 valence electrons. The predicted molar refractivity (Wildman–Crippen MR) is 203 cm³/mol. The topological polar surface area (TPSA) is 56.7 Å². The number of fused-ring (bicyclic) bond motifs is 6. The summed E-state index contributed by atoms with van der Waals surface area (Å²) in [4.78, 5) is 14.7. The van der Waals surface area contributed by atoms with Crippen LogP contribution in [0.3, 0.4) is 0 Å². The number of aromatic nitrogens is 4. The molecule has 0 aliphatic rings. The maximum absolute atomic E-state index is 9.79. The number of nitrogens with zero attached hydrogens (tertiary/aromatic N) is 4. The quantitative estimate of drug-likeness (QED) is 0.186. The highest BCUT2D eigenvalue weighted by Gasteiger charge is 2.18. The van der Waals surface area contributed by atoms with E-state index in [0.717, 1.165) is 20.9 Å². The van der Waals surface area contributed by atoms with E-state index in [1.165, 1.54) is 0 Å². The van der Waals surface area contributed by atoms with Gasteiger partial charge in [-0.05, 0) is 59.5 Å². The first-order valence-electron chi connectivity index (χ1n) is 21.7. The SMILES string of the molecule is [2H]c1c([2H])c([2H])c(-n2c3c([2H])c([2H])c([2H])c([2H])c3c3c([2H])c(-c4ccccc4-c4nc(-c5ccccc5)nc(-c5ccc6c(c5)oc5ccccc56)n4)c([2H])c([2H])c32)c([2H])c1[2H]. The van der Waals surface area contributed by atoms with Crippen LogP contribution >= 0.6 is 0 Å². The molecule has 0 radical (unpaired) electrons. The number of hydrogen-bond donors (Lipinski definition) is 0. The smallest absolute Gasteiger partial charge is 0.164 e. The normalized spacial score (nSPS) is 15.0. The van der Waals surface area contributed by atoms with E-state index in [4.69, 9.17) is 31.7 Å². The molecule has 0 fully saturated rings. The van der Waals surface area contributed by atoms with Crippen LogP contribution < -0.4 is 0 Å². The van der Waals surface area contributed by atoms with Gasteiger partial charge in [-0.15, -0.1) is 0 Å². The van der Waals surface area contributed by atoms with Crippen molar-refractivity contribution in [1.29, 1.82) is 0 Å². The molecule has 0 aliphatic carbocycles. The van der Waals surface area contributed by atoms with Crippen molar-refractivity contribution in [2.45, 2.75) is 0 Å². The molecule has 7 aromatic carbocycles. The largest absolute Gasteiger partial charge is 0.456 e. The summed E-state index contributed by atoms with van der Waals surface area (Å²) in [7, 11) is 0. The van der Waals surface area contributed by atoms with Crippen molar-refractivity contribution in [3.63, 3.8) is 0 Å². The van der Waals surface area contributed by atoms with E-state index in [-0.39, 0.29) is 38.8 Å². The molecule has 0 saturated carbocycles. The van der Waals surface area contributed by atoms with Crippen molar-refractivity contribution >= 4 is 43.7 Å². The van der Waals surface area contributed by atoms with Gasteiger partial charge in [0.1, 0.15) is 11.2 Å². The van der Waals surface area contributed by atoms with E-state index in [1.54, 1.807) is 24.3 Å². The summed E-state index contributed by atoms with van der Waals surface area (Å²) in [5.41, 5.74) is 2.09. The number of hydrogen-bond acceptors (Lipinski definition) is 4. The Morgan fingerprint density at radius 1 is 0.460 bits per heavy atom. The molecular weight excluding hydrogens is 613 g/mol. The summed E-state index contributed by atoms with van der Waals surface area (Å²) >= 11 is 0. The Morgan fingerprint density at radius 2 is 1.14 bits per heavy atom. The molecule has 0 N–H and O–H groups in total. The third-order valence-corrected chi connectivity index (χ3v) is 8.61. The van der Waals surface area contributed by atoms with Crippen molar-refractivity contribution in [3.8, 4) is 51.0 Å². The summed E-state index contributed by atoms with van der Waals surface area (Å²) in [6.07, 6.45) is 0. The summed E-state index contributed by atoms with van der Waals surface area (Å²) in [5, 5.41) is 1.48. The van der Waals surface area contributed by atoms with Gasteiger partial charge in [0, 0.05) is 43.9 Å². The Kier molecular flexibility index (Phi) is 4.24. The first-order chi connectivity index (χ1) is 29.8. The van der Waals surface area contributed by atoms with Crippen LogP contribution in [0.25, 0.3) is 94.7 Å². The maximum Gasteiger partial charge on any atom is 0.164 e. The van der Waals surface area contributed by atoms with E-state index in [9.17, 15) is 4.11 Å². The lowest BCUT2D eigenvalue weighted by molar-refractivity contribution is 0.669. The minimum Gasteiger partial charge on any atom is -0.456 e. The highest BCUT2D eigenvalue weighted by molar-refractivity contribution is 6.11. The van der Waals surface area contributed by atoms with Crippen LogP contribution in [0.15, 0.2) is 174 Å². The summed E-state index contributed by atoms with van der Waals surface area (Å²) in [5.74, 6) is 0.803. The Bertz CT molecular complexity index is 3540. The van der Waals surface area contributed by atoms with E-state index in [1.807, 2.05) is 72.8 Å². The summed E-state index contributed by atoms with van der Waals surface area (Å²) < 4.78 is 114. The van der Waals surface area contributed by atoms with Crippen molar-refractivity contribution in [2.24, 2.45) is 0 Å². The van der Waals surface area contributed by atoms with Crippen LogP contribution in [0.5, 0.6) is 0 Å². The number of furan rings is 1. The van der Waals surface area contributed by atoms with Crippen LogP contribution in [0.1, 0.15) is 16.4 Å². The average molecular weight is 653 g/mol. The maximum atomic E-state index is 9.79. The van der Waals surface area contributed by atoms with Gasteiger partial charge in [0.05, 0.1) is 27.5 Å². The first kappa shape index (κ1) is 18.6. The molecule has 5 heteroatoms. The summed E-state index contributed by atoms with van der Waals surface area (Å²) in [6, 6.07) is 22.0. The highest BCUT2D eigenvalue weighted by Crippen LogP contribution is 2.38. The van der Waals surface area contributed by atoms with Crippen LogP contribution in [0.2, 0.25) is 0 Å². The van der Waals surface area contributed by atoms with Gasteiger partial charge in [-0.3, -0.25) is 0 Å². The van der Waals surface area contributed by atoms with E-state index in [0.29, 0.717) is 33.9 Å². The number of benzene rings is 7. The highest BCUT2D eigenvalue weighted by atomic mass is 16.3. The Labute approximate surface area is 304 Å². The van der Waals surface area contributed by atoms with Gasteiger partial charge in [-0.25, -0.2) is 15.0 Å². The third kappa shape index (κ3) is 4.60. The fourth-order valence-corrected chi connectivity index (χ4v) is 6.33. The lowest BCUT2D eigenvalue weighted by Crippen LogP contribution is -2.01. The summed E-state index contributed by atoms with van der Waals surface area (Å²) in [6.45, 7) is 0. The fraction of sp³-hybridized carbons (Fsp3) is 0. The molecule has 0 unspecified atom stereocenters. The van der Waals surface area contributed by atoms with Crippen molar-refractivity contribution in [3.05, 3.63) is 170 Å². The molecule has 0 spiro atoms. The predicted octanol–water partition coefficient (Wildman–Crippen LogP) is 11.5. The van der Waals surface area contributed by atoms with Gasteiger partial charge in [0.2, 0.25) is 0 Å². The van der Waals surface area contributed by atoms with Gasteiger partial charge in [0.15, 0.2) is 17.5 Å². The van der Waals surface area contributed by atoms with Gasteiger partial charge < -0.3 is 8.98 Å². The first-order valence-corrected chi connectivity index (χ1v) is 15.7. The zero-order valence-electron chi connectivity index (χ0n) is 37.9. The second-order valence-corrected chi connectivity index (χ2v) is 11.5. The van der Waals surface area contributed by atoms with E-state index >= 15 is 0 Å². The zero-order valence-corrected chi connectivity index (χ0v) is 25.9. The van der Waals surface area contributed by atoms with Gasteiger partial charge in [0.25, 0.3) is 0 Å². The lowest BCUT2D eigenvalue weighted by atomic mass is 9.97. The van der Waals surface area contributed by atoms with Crippen LogP contribution in [-0.4, -0.2) is 19.5 Å². The standard InChI is InChI=1S/C45H28N4O/c1-3-13-29(14-4-1)43-46-44(31-23-25-36-35-19-10-12-22-41(35)50-42(36)28-31)48-45(47-43)37-20-8-7-17-33(37)30-24-26-40-38(27-30)34-18-9-11-21-39(34)49(40)32-15-5-2-6-16-32/h1-28H/i2D,5D,6D,9D,11D,15D,16D,18D,21D,24D,26D,27D.